The van der Waals surface area contributed by atoms with Crippen molar-refractivity contribution in [3.8, 4) is 0 Å². The average molecular weight is 323 g/mol. The lowest BCUT2D eigenvalue weighted by Crippen LogP contribution is -2.41. The Labute approximate surface area is 134 Å². The molecule has 1 aromatic carbocycles. The molecule has 0 unspecified atom stereocenters. The monoisotopic (exact) mass is 322 g/mol. The van der Waals surface area contributed by atoms with Gasteiger partial charge in [-0.3, -0.25) is 0 Å². The first-order valence-corrected chi connectivity index (χ1v) is 7.44. The molecule has 0 fully saturated rings. The summed E-state index contributed by atoms with van der Waals surface area (Å²) >= 11 is 6.05. The van der Waals surface area contributed by atoms with Crippen LogP contribution in [0.2, 0.25) is 5.02 Å². The van der Waals surface area contributed by atoms with Crippen molar-refractivity contribution in [3.63, 3.8) is 0 Å². The van der Waals surface area contributed by atoms with Crippen molar-refractivity contribution >= 4 is 29.3 Å². The topological polar surface area (TPSA) is 58.6 Å². The number of anilines is 1. The summed E-state index contributed by atoms with van der Waals surface area (Å²) in [6, 6.07) is 4.60. The molecule has 1 aliphatic rings. The fraction of sp³-hybridized carbons (Fsp3) is 0.375. The second-order valence-electron chi connectivity index (χ2n) is 5.43. The predicted octanol–water partition coefficient (Wildman–Crippen LogP) is 3.55. The predicted molar refractivity (Wildman–Crippen MR) is 86.3 cm³/mol. The number of esters is 1. The van der Waals surface area contributed by atoms with E-state index in [0.717, 1.165) is 0 Å². The summed E-state index contributed by atoms with van der Waals surface area (Å²) in [6.45, 7) is 4.73. The minimum absolute atomic E-state index is 0.0878. The van der Waals surface area contributed by atoms with E-state index in [1.807, 2.05) is 12.2 Å². The number of hydrogen-bond donors (Lipinski definition) is 1. The zero-order chi connectivity index (χ0) is 16.3. The third-order valence-corrected chi connectivity index (χ3v) is 3.88. The molecule has 22 heavy (non-hydrogen) atoms. The molecule has 2 amide bonds. The zero-order valence-corrected chi connectivity index (χ0v) is 13.6. The molecule has 118 valence electrons. The Hall–Kier alpha value is -2.01. The molecule has 1 N–H and O–H groups in total. The van der Waals surface area contributed by atoms with Crippen molar-refractivity contribution in [2.75, 3.05) is 19.0 Å². The van der Waals surface area contributed by atoms with Gasteiger partial charge in [0, 0.05) is 12.2 Å². The Bertz CT molecular complexity index is 613. The Morgan fingerprint density at radius 3 is 2.73 bits per heavy atom. The molecule has 1 aliphatic heterocycles. The van der Waals surface area contributed by atoms with E-state index < -0.39 is 5.97 Å². The maximum atomic E-state index is 12.4. The molecule has 0 spiro atoms. The van der Waals surface area contributed by atoms with Crippen LogP contribution in [0.4, 0.5) is 10.5 Å². The molecular formula is C16H19ClN2O3. The first-order chi connectivity index (χ1) is 10.4. The Morgan fingerprint density at radius 1 is 1.41 bits per heavy atom. The standard InChI is InChI=1S/C16H19ClN2O3/c1-10(2)14-5-4-8-19(14)16(21)18-11-6-7-12(13(17)9-11)15(20)22-3/h4-7,9-10,14H,8H2,1-3H3,(H,18,21)/t14-/m1/s1. The highest BCUT2D eigenvalue weighted by atomic mass is 35.5. The number of halogens is 1. The summed E-state index contributed by atoms with van der Waals surface area (Å²) in [5.41, 5.74) is 0.808. The van der Waals surface area contributed by atoms with Crippen LogP contribution in [0.15, 0.2) is 30.4 Å². The number of carbonyl (C=O) groups is 2. The average Bonchev–Trinajstić information content (AvgIpc) is 2.96. The molecule has 0 aliphatic carbocycles. The van der Waals surface area contributed by atoms with Crippen molar-refractivity contribution in [1.82, 2.24) is 4.90 Å². The number of rotatable bonds is 3. The summed E-state index contributed by atoms with van der Waals surface area (Å²) in [5.74, 6) is -0.165. The van der Waals surface area contributed by atoms with Crippen molar-refractivity contribution in [3.05, 3.63) is 40.9 Å². The van der Waals surface area contributed by atoms with Gasteiger partial charge in [0.05, 0.1) is 23.7 Å². The lowest BCUT2D eigenvalue weighted by Gasteiger charge is -2.27. The number of amides is 2. The number of benzene rings is 1. The third kappa shape index (κ3) is 3.42. The molecule has 0 bridgehead atoms. The zero-order valence-electron chi connectivity index (χ0n) is 12.8. The van der Waals surface area contributed by atoms with Gasteiger partial charge in [0.15, 0.2) is 0 Å². The molecule has 5 nitrogen and oxygen atoms in total. The molecule has 2 rings (SSSR count). The molecule has 6 heteroatoms. The number of carbonyl (C=O) groups excluding carboxylic acids is 2. The number of nitrogens with one attached hydrogen (secondary N) is 1. The van der Waals surface area contributed by atoms with Crippen LogP contribution < -0.4 is 5.32 Å². The van der Waals surface area contributed by atoms with E-state index in [4.69, 9.17) is 11.6 Å². The molecule has 1 heterocycles. The largest absolute Gasteiger partial charge is 0.465 e. The van der Waals surface area contributed by atoms with E-state index in [2.05, 4.69) is 23.9 Å². The molecular weight excluding hydrogens is 304 g/mol. The van der Waals surface area contributed by atoms with Crippen LogP contribution in [-0.2, 0) is 4.74 Å². The van der Waals surface area contributed by atoms with Crippen molar-refractivity contribution in [2.45, 2.75) is 19.9 Å². The minimum atomic E-state index is -0.508. The molecule has 1 atom stereocenters. The van der Waals surface area contributed by atoms with E-state index in [1.165, 1.54) is 13.2 Å². The molecule has 1 aromatic rings. The molecule has 0 saturated heterocycles. The SMILES string of the molecule is COC(=O)c1ccc(NC(=O)N2CC=C[C@@H]2C(C)C)cc1Cl. The van der Waals surface area contributed by atoms with Crippen LogP contribution in [-0.4, -0.2) is 36.6 Å². The summed E-state index contributed by atoms with van der Waals surface area (Å²) in [7, 11) is 1.29. The lowest BCUT2D eigenvalue weighted by atomic mass is 10.1. The highest BCUT2D eigenvalue weighted by Crippen LogP contribution is 2.23. The van der Waals surface area contributed by atoms with E-state index in [0.29, 0.717) is 18.2 Å². The third-order valence-electron chi connectivity index (χ3n) is 3.56. The fourth-order valence-electron chi connectivity index (χ4n) is 2.40. The van der Waals surface area contributed by atoms with Gasteiger partial charge in [-0.2, -0.15) is 0 Å². The quantitative estimate of drug-likeness (QED) is 0.684. The van der Waals surface area contributed by atoms with Gasteiger partial charge in [-0.15, -0.1) is 0 Å². The highest BCUT2D eigenvalue weighted by Gasteiger charge is 2.27. The van der Waals surface area contributed by atoms with Crippen LogP contribution >= 0.6 is 11.6 Å². The van der Waals surface area contributed by atoms with Crippen molar-refractivity contribution in [1.29, 1.82) is 0 Å². The summed E-state index contributed by atoms with van der Waals surface area (Å²) < 4.78 is 4.63. The number of hydrogen-bond acceptors (Lipinski definition) is 3. The van der Waals surface area contributed by atoms with E-state index in [9.17, 15) is 9.59 Å². The van der Waals surface area contributed by atoms with Gasteiger partial charge in [0.2, 0.25) is 0 Å². The summed E-state index contributed by atoms with van der Waals surface area (Å²) in [4.78, 5) is 25.6. The van der Waals surface area contributed by atoms with E-state index >= 15 is 0 Å². The summed E-state index contributed by atoms with van der Waals surface area (Å²) in [6.07, 6.45) is 4.02. The maximum absolute atomic E-state index is 12.4. The van der Waals surface area contributed by atoms with Crippen LogP contribution in [0.3, 0.4) is 0 Å². The summed E-state index contributed by atoms with van der Waals surface area (Å²) in [5, 5.41) is 3.04. The van der Waals surface area contributed by atoms with E-state index in [-0.39, 0.29) is 22.7 Å². The van der Waals surface area contributed by atoms with Gasteiger partial charge in [-0.05, 0) is 24.1 Å². The van der Waals surface area contributed by atoms with Gasteiger partial charge in [-0.25, -0.2) is 9.59 Å². The number of nitrogens with zero attached hydrogens (tertiary/aromatic N) is 1. The second-order valence-corrected chi connectivity index (χ2v) is 5.84. The van der Waals surface area contributed by atoms with Crippen molar-refractivity contribution in [2.24, 2.45) is 5.92 Å². The Kier molecular flexibility index (Phi) is 5.08. The van der Waals surface area contributed by atoms with Crippen LogP contribution in [0.25, 0.3) is 0 Å². The van der Waals surface area contributed by atoms with Crippen LogP contribution in [0.1, 0.15) is 24.2 Å². The van der Waals surface area contributed by atoms with Gasteiger partial charge in [-0.1, -0.05) is 37.6 Å². The van der Waals surface area contributed by atoms with Crippen LogP contribution in [0.5, 0.6) is 0 Å². The fourth-order valence-corrected chi connectivity index (χ4v) is 2.66. The van der Waals surface area contributed by atoms with Gasteiger partial charge < -0.3 is 15.0 Å². The normalized spacial score (nSPS) is 17.0. The van der Waals surface area contributed by atoms with E-state index in [1.54, 1.807) is 17.0 Å². The lowest BCUT2D eigenvalue weighted by molar-refractivity contribution is 0.0601. The molecule has 0 saturated carbocycles. The smallest absolute Gasteiger partial charge is 0.339 e. The number of ether oxygens (including phenoxy) is 1. The van der Waals surface area contributed by atoms with Gasteiger partial charge in [0.1, 0.15) is 0 Å². The van der Waals surface area contributed by atoms with Gasteiger partial charge in [0.25, 0.3) is 0 Å². The number of urea groups is 1. The molecule has 0 radical (unpaired) electrons. The van der Waals surface area contributed by atoms with Crippen LogP contribution in [0, 0.1) is 5.92 Å². The van der Waals surface area contributed by atoms with Crippen molar-refractivity contribution < 1.29 is 14.3 Å². The second kappa shape index (κ2) is 6.83. The Morgan fingerprint density at radius 2 is 2.14 bits per heavy atom. The molecule has 0 aromatic heterocycles. The maximum Gasteiger partial charge on any atom is 0.339 e. The first-order valence-electron chi connectivity index (χ1n) is 7.06. The first kappa shape index (κ1) is 16.4. The minimum Gasteiger partial charge on any atom is -0.465 e. The Balaban J connectivity index is 2.09. The highest BCUT2D eigenvalue weighted by molar-refractivity contribution is 6.33. The van der Waals surface area contributed by atoms with Gasteiger partial charge >= 0.3 is 12.0 Å². The number of methoxy groups -OCH3 is 1.